The molecule has 0 rings (SSSR count). The highest BCUT2D eigenvalue weighted by Crippen LogP contribution is 2.43. The van der Waals surface area contributed by atoms with Crippen LogP contribution in [0.4, 0.5) is 0 Å². The van der Waals surface area contributed by atoms with E-state index in [0.717, 1.165) is 50.4 Å². The Hall–Kier alpha value is -1.03. The van der Waals surface area contributed by atoms with Crippen LogP contribution in [0.1, 0.15) is 175 Å². The summed E-state index contributed by atoms with van der Waals surface area (Å²) >= 11 is 0. The quantitative estimate of drug-likeness (QED) is 0.0330. The number of phosphoric ester groups is 1. The van der Waals surface area contributed by atoms with Crippen molar-refractivity contribution in [2.45, 2.75) is 188 Å². The van der Waals surface area contributed by atoms with E-state index in [0.29, 0.717) is 12.8 Å². The third kappa shape index (κ3) is 32.2. The summed E-state index contributed by atoms with van der Waals surface area (Å²) in [5, 5.41) is 18.3. The zero-order valence-electron chi connectivity index (χ0n) is 31.0. The molecule has 0 aliphatic carbocycles. The molecule has 0 aromatic rings. The molecule has 11 heteroatoms. The summed E-state index contributed by atoms with van der Waals surface area (Å²) in [4.78, 5) is 34.8. The second kappa shape index (κ2) is 31.9. The molecule has 2 unspecified atom stereocenters. The van der Waals surface area contributed by atoms with Crippen LogP contribution in [0.5, 0.6) is 0 Å². The predicted molar refractivity (Wildman–Crippen MR) is 192 cm³/mol. The van der Waals surface area contributed by atoms with Gasteiger partial charge in [-0.1, -0.05) is 150 Å². The number of hydrogen-bond acceptors (Lipinski definition) is 9. The number of ether oxygens (including phenoxy) is 2. The van der Waals surface area contributed by atoms with E-state index in [4.69, 9.17) is 19.1 Å². The Bertz CT molecular complexity index is 809. The Morgan fingerprint density at radius 2 is 1.06 bits per heavy atom. The molecule has 3 N–H and O–H groups in total. The highest BCUT2D eigenvalue weighted by Gasteiger charge is 2.27. The van der Waals surface area contributed by atoms with Gasteiger partial charge in [0.05, 0.1) is 19.8 Å². The minimum atomic E-state index is -4.60. The van der Waals surface area contributed by atoms with Crippen molar-refractivity contribution in [3.63, 3.8) is 0 Å². The number of carbonyl (C=O) groups excluding carboxylic acids is 2. The Kier molecular flexibility index (Phi) is 31.2. The first kappa shape index (κ1) is 47.0. The van der Waals surface area contributed by atoms with E-state index < -0.39 is 51.8 Å². The number of carbonyl (C=O) groups is 2. The van der Waals surface area contributed by atoms with Crippen LogP contribution in [0.2, 0.25) is 0 Å². The lowest BCUT2D eigenvalue weighted by Gasteiger charge is -2.20. The zero-order valence-corrected chi connectivity index (χ0v) is 31.9. The molecule has 0 radical (unpaired) electrons. The number of unbranched alkanes of at least 4 members (excludes halogenated alkanes) is 16. The molecule has 48 heavy (non-hydrogen) atoms. The van der Waals surface area contributed by atoms with Crippen LogP contribution in [0.3, 0.4) is 0 Å². The number of rotatable bonds is 35. The standard InChI is InChI=1S/C37H73O10P/c1-5-33(4)25-21-17-13-8-6-7-9-15-19-23-27-37(41)47-35(31-46-48(42,43)45-29-34(39)28-38)30-44-36(40)26-22-18-14-11-10-12-16-20-24-32(2)3/h32-35,38-39H,5-31H2,1-4H3,(H,42,43)/t33?,34-,35+/m0/s1. The van der Waals surface area contributed by atoms with Crippen molar-refractivity contribution in [2.75, 3.05) is 26.4 Å². The molecule has 4 atom stereocenters. The van der Waals surface area contributed by atoms with E-state index in [1.54, 1.807) is 0 Å². The molecular weight excluding hydrogens is 635 g/mol. The van der Waals surface area contributed by atoms with E-state index in [-0.39, 0.29) is 19.4 Å². The van der Waals surface area contributed by atoms with Crippen LogP contribution < -0.4 is 0 Å². The molecule has 286 valence electrons. The molecule has 0 aliphatic heterocycles. The average Bonchev–Trinajstić information content (AvgIpc) is 3.05. The third-order valence-corrected chi connectivity index (χ3v) is 9.68. The smallest absolute Gasteiger partial charge is 0.462 e. The summed E-state index contributed by atoms with van der Waals surface area (Å²) in [6.07, 6.45) is 22.3. The summed E-state index contributed by atoms with van der Waals surface area (Å²) in [5.74, 6) is 0.682. The molecule has 0 heterocycles. The van der Waals surface area contributed by atoms with Crippen LogP contribution in [0.15, 0.2) is 0 Å². The molecule has 0 saturated heterocycles. The molecule has 0 aromatic carbocycles. The highest BCUT2D eigenvalue weighted by molar-refractivity contribution is 7.47. The summed E-state index contributed by atoms with van der Waals surface area (Å²) in [6.45, 7) is 6.99. The van der Waals surface area contributed by atoms with E-state index in [1.165, 1.54) is 83.5 Å². The number of aliphatic hydroxyl groups excluding tert-OH is 2. The van der Waals surface area contributed by atoms with Crippen molar-refractivity contribution in [1.82, 2.24) is 0 Å². The summed E-state index contributed by atoms with van der Waals surface area (Å²) in [7, 11) is -4.60. The number of phosphoric acid groups is 1. The highest BCUT2D eigenvalue weighted by atomic mass is 31.2. The second-order valence-electron chi connectivity index (χ2n) is 14.0. The lowest BCUT2D eigenvalue weighted by molar-refractivity contribution is -0.161. The molecular formula is C37H73O10P. The summed E-state index contributed by atoms with van der Waals surface area (Å²) in [6, 6.07) is 0. The van der Waals surface area contributed by atoms with Gasteiger partial charge in [0.2, 0.25) is 0 Å². The minimum Gasteiger partial charge on any atom is -0.462 e. The fraction of sp³-hybridized carbons (Fsp3) is 0.946. The van der Waals surface area contributed by atoms with Crippen LogP contribution >= 0.6 is 7.82 Å². The van der Waals surface area contributed by atoms with Crippen molar-refractivity contribution in [1.29, 1.82) is 0 Å². The monoisotopic (exact) mass is 708 g/mol. The SMILES string of the molecule is CCC(C)CCCCCCCCCCCCC(=O)O[C@H](COC(=O)CCCCCCCCCCC(C)C)COP(=O)(O)OC[C@@H](O)CO. The van der Waals surface area contributed by atoms with Gasteiger partial charge in [-0.15, -0.1) is 0 Å². The molecule has 0 amide bonds. The van der Waals surface area contributed by atoms with E-state index >= 15 is 0 Å². The number of aliphatic hydroxyl groups is 2. The van der Waals surface area contributed by atoms with Crippen LogP contribution in [-0.2, 0) is 32.7 Å². The average molecular weight is 709 g/mol. The van der Waals surface area contributed by atoms with Crippen molar-refractivity contribution in [2.24, 2.45) is 11.8 Å². The number of esters is 2. The van der Waals surface area contributed by atoms with Gasteiger partial charge in [0, 0.05) is 12.8 Å². The molecule has 10 nitrogen and oxygen atoms in total. The van der Waals surface area contributed by atoms with Gasteiger partial charge in [-0.2, -0.15) is 0 Å². The normalized spacial score (nSPS) is 14.8. The van der Waals surface area contributed by atoms with Crippen LogP contribution in [0, 0.1) is 11.8 Å². The van der Waals surface area contributed by atoms with Gasteiger partial charge in [-0.3, -0.25) is 18.6 Å². The van der Waals surface area contributed by atoms with Crippen molar-refractivity contribution < 1.29 is 47.8 Å². The summed E-state index contributed by atoms with van der Waals surface area (Å²) in [5.41, 5.74) is 0. The Balaban J connectivity index is 4.36. The Labute approximate surface area is 293 Å². The lowest BCUT2D eigenvalue weighted by Crippen LogP contribution is -2.29. The maximum Gasteiger partial charge on any atom is 0.472 e. The fourth-order valence-electron chi connectivity index (χ4n) is 5.33. The van der Waals surface area contributed by atoms with Crippen LogP contribution in [-0.4, -0.2) is 65.7 Å². The second-order valence-corrected chi connectivity index (χ2v) is 15.5. The predicted octanol–water partition coefficient (Wildman–Crippen LogP) is 9.21. The van der Waals surface area contributed by atoms with E-state index in [1.807, 2.05) is 0 Å². The van der Waals surface area contributed by atoms with E-state index in [9.17, 15) is 24.2 Å². The van der Waals surface area contributed by atoms with Crippen molar-refractivity contribution in [3.05, 3.63) is 0 Å². The minimum absolute atomic E-state index is 0.189. The maximum atomic E-state index is 12.5. The van der Waals surface area contributed by atoms with Gasteiger partial charge in [-0.25, -0.2) is 4.57 Å². The first-order valence-corrected chi connectivity index (χ1v) is 20.7. The fourth-order valence-corrected chi connectivity index (χ4v) is 6.12. The van der Waals surface area contributed by atoms with Gasteiger partial charge in [0.25, 0.3) is 0 Å². The Morgan fingerprint density at radius 1 is 0.625 bits per heavy atom. The van der Waals surface area contributed by atoms with Crippen molar-refractivity contribution >= 4 is 19.8 Å². The summed E-state index contributed by atoms with van der Waals surface area (Å²) < 4.78 is 32.6. The topological polar surface area (TPSA) is 149 Å². The maximum absolute atomic E-state index is 12.5. The van der Waals surface area contributed by atoms with Crippen LogP contribution in [0.25, 0.3) is 0 Å². The van der Waals surface area contributed by atoms with Gasteiger partial charge in [0.15, 0.2) is 6.10 Å². The first-order chi connectivity index (χ1) is 23.0. The molecule has 0 spiro atoms. The zero-order chi connectivity index (χ0) is 35.9. The molecule has 0 aromatic heterocycles. The molecule has 0 aliphatic rings. The third-order valence-electron chi connectivity index (χ3n) is 8.73. The lowest BCUT2D eigenvalue weighted by atomic mass is 9.99. The van der Waals surface area contributed by atoms with Crippen molar-refractivity contribution in [3.8, 4) is 0 Å². The number of hydrogen-bond donors (Lipinski definition) is 3. The van der Waals surface area contributed by atoms with Gasteiger partial charge >= 0.3 is 19.8 Å². The van der Waals surface area contributed by atoms with Gasteiger partial charge < -0.3 is 24.6 Å². The molecule has 0 bridgehead atoms. The molecule has 0 saturated carbocycles. The molecule has 0 fully saturated rings. The Morgan fingerprint density at radius 3 is 1.54 bits per heavy atom. The first-order valence-electron chi connectivity index (χ1n) is 19.2. The van der Waals surface area contributed by atoms with E-state index in [2.05, 4.69) is 32.2 Å². The van der Waals surface area contributed by atoms with Gasteiger partial charge in [0.1, 0.15) is 12.7 Å². The van der Waals surface area contributed by atoms with Gasteiger partial charge in [-0.05, 0) is 24.7 Å². The largest absolute Gasteiger partial charge is 0.472 e.